The van der Waals surface area contributed by atoms with Crippen LogP contribution in [0, 0.1) is 0 Å². The molecule has 2 aromatic rings. The van der Waals surface area contributed by atoms with Crippen molar-refractivity contribution in [1.82, 2.24) is 5.32 Å². The van der Waals surface area contributed by atoms with Crippen LogP contribution >= 0.6 is 11.3 Å². The van der Waals surface area contributed by atoms with E-state index in [-0.39, 0.29) is 18.4 Å². The summed E-state index contributed by atoms with van der Waals surface area (Å²) in [6.45, 7) is 2.18. The molecule has 7 heteroatoms. The molecule has 24 heavy (non-hydrogen) atoms. The molecular formula is C17H18N2O4S. The Bertz CT molecular complexity index is 696. The van der Waals surface area contributed by atoms with Crippen LogP contribution in [0.2, 0.25) is 0 Å². The van der Waals surface area contributed by atoms with E-state index in [0.717, 1.165) is 6.42 Å². The van der Waals surface area contributed by atoms with Crippen molar-refractivity contribution in [2.45, 2.75) is 13.3 Å². The van der Waals surface area contributed by atoms with Crippen LogP contribution in [0.4, 0.5) is 5.69 Å². The predicted octanol–water partition coefficient (Wildman–Crippen LogP) is 2.68. The molecule has 0 fully saturated rings. The van der Waals surface area contributed by atoms with Gasteiger partial charge in [-0.25, -0.2) is 4.79 Å². The predicted molar refractivity (Wildman–Crippen MR) is 92.3 cm³/mol. The summed E-state index contributed by atoms with van der Waals surface area (Å²) in [6, 6.07) is 9.83. The van der Waals surface area contributed by atoms with Crippen LogP contribution in [0.25, 0.3) is 0 Å². The largest absolute Gasteiger partial charge is 0.452 e. The van der Waals surface area contributed by atoms with Crippen LogP contribution < -0.4 is 10.6 Å². The molecule has 126 valence electrons. The smallest absolute Gasteiger partial charge is 0.338 e. The SMILES string of the molecule is CCCNC(=O)COC(=O)c1ccc(NC(=O)c2cccs2)cc1. The number of carbonyl (C=O) groups is 3. The molecule has 0 unspecified atom stereocenters. The number of hydrogen-bond donors (Lipinski definition) is 2. The molecule has 0 radical (unpaired) electrons. The van der Waals surface area contributed by atoms with Gasteiger partial charge in [-0.1, -0.05) is 13.0 Å². The Hall–Kier alpha value is -2.67. The first-order valence-corrected chi connectivity index (χ1v) is 8.37. The Balaban J connectivity index is 1.86. The minimum atomic E-state index is -0.585. The quantitative estimate of drug-likeness (QED) is 0.755. The van der Waals surface area contributed by atoms with Gasteiger partial charge in [0.25, 0.3) is 11.8 Å². The third-order valence-corrected chi connectivity index (χ3v) is 3.90. The van der Waals surface area contributed by atoms with Crippen molar-refractivity contribution in [3.63, 3.8) is 0 Å². The molecule has 1 aromatic carbocycles. The van der Waals surface area contributed by atoms with Gasteiger partial charge in [0.05, 0.1) is 10.4 Å². The molecular weight excluding hydrogens is 328 g/mol. The normalized spacial score (nSPS) is 10.0. The monoisotopic (exact) mass is 346 g/mol. The highest BCUT2D eigenvalue weighted by Crippen LogP contribution is 2.14. The molecule has 2 N–H and O–H groups in total. The van der Waals surface area contributed by atoms with E-state index in [4.69, 9.17) is 4.74 Å². The lowest BCUT2D eigenvalue weighted by Crippen LogP contribution is -2.29. The van der Waals surface area contributed by atoms with Gasteiger partial charge in [0, 0.05) is 12.2 Å². The molecule has 6 nitrogen and oxygen atoms in total. The number of nitrogens with one attached hydrogen (secondary N) is 2. The van der Waals surface area contributed by atoms with E-state index < -0.39 is 5.97 Å². The van der Waals surface area contributed by atoms with Crippen molar-refractivity contribution in [3.8, 4) is 0 Å². The van der Waals surface area contributed by atoms with Gasteiger partial charge in [0.2, 0.25) is 0 Å². The third kappa shape index (κ3) is 5.20. The number of carbonyl (C=O) groups excluding carboxylic acids is 3. The number of thiophene rings is 1. The number of benzene rings is 1. The fourth-order valence-corrected chi connectivity index (χ4v) is 2.44. The number of rotatable bonds is 7. The van der Waals surface area contributed by atoms with Gasteiger partial charge in [-0.05, 0) is 42.1 Å². The highest BCUT2D eigenvalue weighted by molar-refractivity contribution is 7.12. The van der Waals surface area contributed by atoms with Crippen molar-refractivity contribution < 1.29 is 19.1 Å². The van der Waals surface area contributed by atoms with Crippen molar-refractivity contribution in [2.24, 2.45) is 0 Å². The lowest BCUT2D eigenvalue weighted by Gasteiger charge is -2.07. The maximum Gasteiger partial charge on any atom is 0.338 e. The first-order valence-electron chi connectivity index (χ1n) is 7.49. The molecule has 2 rings (SSSR count). The topological polar surface area (TPSA) is 84.5 Å². The van der Waals surface area contributed by atoms with Gasteiger partial charge in [-0.15, -0.1) is 11.3 Å². The Morgan fingerprint density at radius 2 is 1.88 bits per heavy atom. The van der Waals surface area contributed by atoms with Gasteiger partial charge in [-0.2, -0.15) is 0 Å². The van der Waals surface area contributed by atoms with Gasteiger partial charge < -0.3 is 15.4 Å². The molecule has 0 spiro atoms. The van der Waals surface area contributed by atoms with Gasteiger partial charge in [0.15, 0.2) is 6.61 Å². The summed E-state index contributed by atoms with van der Waals surface area (Å²) in [5.41, 5.74) is 0.887. The van der Waals surface area contributed by atoms with Gasteiger partial charge >= 0.3 is 5.97 Å². The van der Waals surface area contributed by atoms with E-state index in [9.17, 15) is 14.4 Å². The van der Waals surface area contributed by atoms with Gasteiger partial charge in [0.1, 0.15) is 0 Å². The van der Waals surface area contributed by atoms with Crippen LogP contribution in [0.3, 0.4) is 0 Å². The van der Waals surface area contributed by atoms with Crippen LogP contribution in [-0.4, -0.2) is 30.9 Å². The Morgan fingerprint density at radius 3 is 2.50 bits per heavy atom. The Labute approximate surface area is 143 Å². The molecule has 0 saturated heterocycles. The second-order valence-corrected chi connectivity index (χ2v) is 5.88. The number of hydrogen-bond acceptors (Lipinski definition) is 5. The second kappa shape index (κ2) is 8.83. The average Bonchev–Trinajstić information content (AvgIpc) is 3.13. The minimum Gasteiger partial charge on any atom is -0.452 e. The van der Waals surface area contributed by atoms with Crippen LogP contribution in [-0.2, 0) is 9.53 Å². The number of amides is 2. The molecule has 1 aromatic heterocycles. The van der Waals surface area contributed by atoms with Crippen molar-refractivity contribution in [2.75, 3.05) is 18.5 Å². The van der Waals surface area contributed by atoms with E-state index in [1.165, 1.54) is 23.5 Å². The molecule has 0 atom stereocenters. The summed E-state index contributed by atoms with van der Waals surface area (Å²) >= 11 is 1.35. The molecule has 1 heterocycles. The summed E-state index contributed by atoms with van der Waals surface area (Å²) < 4.78 is 4.93. The molecule has 0 bridgehead atoms. The van der Waals surface area contributed by atoms with E-state index in [0.29, 0.717) is 22.7 Å². The molecule has 0 aliphatic carbocycles. The second-order valence-electron chi connectivity index (χ2n) is 4.93. The van der Waals surface area contributed by atoms with E-state index in [1.807, 2.05) is 12.3 Å². The fourth-order valence-electron chi connectivity index (χ4n) is 1.82. The van der Waals surface area contributed by atoms with Gasteiger partial charge in [-0.3, -0.25) is 9.59 Å². The van der Waals surface area contributed by atoms with Crippen LogP contribution in [0.15, 0.2) is 41.8 Å². The first kappa shape index (κ1) is 17.7. The zero-order valence-electron chi connectivity index (χ0n) is 13.2. The zero-order chi connectivity index (χ0) is 17.4. The van der Waals surface area contributed by atoms with E-state index in [1.54, 1.807) is 24.3 Å². The number of anilines is 1. The van der Waals surface area contributed by atoms with E-state index >= 15 is 0 Å². The van der Waals surface area contributed by atoms with Crippen molar-refractivity contribution in [3.05, 3.63) is 52.2 Å². The zero-order valence-corrected chi connectivity index (χ0v) is 14.0. The summed E-state index contributed by atoms with van der Waals surface area (Å²) in [6.07, 6.45) is 0.818. The number of ether oxygens (including phenoxy) is 1. The van der Waals surface area contributed by atoms with Crippen LogP contribution in [0.1, 0.15) is 33.4 Å². The fraction of sp³-hybridized carbons (Fsp3) is 0.235. The minimum absolute atomic E-state index is 0.201. The lowest BCUT2D eigenvalue weighted by atomic mass is 10.2. The average molecular weight is 346 g/mol. The third-order valence-electron chi connectivity index (χ3n) is 3.03. The summed E-state index contributed by atoms with van der Waals surface area (Å²) in [5.74, 6) is -1.12. The highest BCUT2D eigenvalue weighted by atomic mass is 32.1. The first-order chi connectivity index (χ1) is 11.6. The molecule has 0 saturated carbocycles. The molecule has 2 amide bonds. The molecule has 0 aliphatic heterocycles. The summed E-state index contributed by atoms with van der Waals surface area (Å²) in [4.78, 5) is 35.8. The maximum atomic E-state index is 11.9. The van der Waals surface area contributed by atoms with E-state index in [2.05, 4.69) is 10.6 Å². The van der Waals surface area contributed by atoms with Crippen molar-refractivity contribution in [1.29, 1.82) is 0 Å². The summed E-state index contributed by atoms with van der Waals surface area (Å²) in [7, 11) is 0. The lowest BCUT2D eigenvalue weighted by molar-refractivity contribution is -0.124. The maximum absolute atomic E-state index is 11.9. The van der Waals surface area contributed by atoms with Crippen molar-refractivity contribution >= 4 is 34.8 Å². The van der Waals surface area contributed by atoms with Crippen LogP contribution in [0.5, 0.6) is 0 Å². The highest BCUT2D eigenvalue weighted by Gasteiger charge is 2.11. The Kier molecular flexibility index (Phi) is 6.51. The standard InChI is InChI=1S/C17H18N2O4S/c1-2-9-18-15(20)11-23-17(22)12-5-7-13(8-6-12)19-16(21)14-4-3-10-24-14/h3-8,10H,2,9,11H2,1H3,(H,18,20)(H,19,21). The molecule has 0 aliphatic rings. The number of esters is 1. The Morgan fingerprint density at radius 1 is 1.12 bits per heavy atom. The summed E-state index contributed by atoms with van der Waals surface area (Å²) in [5, 5.41) is 7.18.